The van der Waals surface area contributed by atoms with E-state index < -0.39 is 13.0 Å². The van der Waals surface area contributed by atoms with Crippen molar-refractivity contribution in [2.45, 2.75) is 13.0 Å². The number of nitrogens with zero attached hydrogens (tertiary/aromatic N) is 3. The molecule has 0 saturated heterocycles. The topological polar surface area (TPSA) is 57.0 Å². The third kappa shape index (κ3) is 3.71. The van der Waals surface area contributed by atoms with Crippen molar-refractivity contribution in [3.05, 3.63) is 54.1 Å². The predicted molar refractivity (Wildman–Crippen MR) is 88.8 cm³/mol. The third-order valence-electron chi connectivity index (χ3n) is 3.61. The minimum absolute atomic E-state index is 0.287. The highest BCUT2D eigenvalue weighted by Gasteiger charge is 2.17. The Morgan fingerprint density at radius 3 is 2.56 bits per heavy atom. The van der Waals surface area contributed by atoms with Crippen molar-refractivity contribution in [3.63, 3.8) is 0 Å². The van der Waals surface area contributed by atoms with Crippen LogP contribution in [0.3, 0.4) is 0 Å². The maximum absolute atomic E-state index is 12.9. The van der Waals surface area contributed by atoms with Crippen LogP contribution in [0.2, 0.25) is 0 Å². The number of methoxy groups -OCH3 is 1. The number of alkyl halides is 2. The summed E-state index contributed by atoms with van der Waals surface area (Å²) in [6.07, 6.45) is -1.85. The number of ether oxygens (including phenoxy) is 1. The van der Waals surface area contributed by atoms with Crippen LogP contribution < -0.4 is 4.74 Å². The zero-order chi connectivity index (χ0) is 17.8. The van der Waals surface area contributed by atoms with Crippen LogP contribution in [0.4, 0.5) is 8.78 Å². The summed E-state index contributed by atoms with van der Waals surface area (Å²) < 4.78 is 32.1. The van der Waals surface area contributed by atoms with Crippen LogP contribution in [-0.2, 0) is 6.54 Å². The van der Waals surface area contributed by atoms with E-state index >= 15 is 0 Å². The van der Waals surface area contributed by atoms with E-state index in [0.29, 0.717) is 34.6 Å². The van der Waals surface area contributed by atoms with Gasteiger partial charge in [-0.1, -0.05) is 18.2 Å². The molecule has 0 unspecified atom stereocenters. The molecule has 0 bridgehead atoms. The van der Waals surface area contributed by atoms with Gasteiger partial charge in [-0.3, -0.25) is 4.79 Å². The minimum Gasteiger partial charge on any atom is -0.497 e. The summed E-state index contributed by atoms with van der Waals surface area (Å²) in [7, 11) is 1.55. The molecule has 0 N–H and O–H groups in total. The van der Waals surface area contributed by atoms with E-state index in [1.165, 1.54) is 4.68 Å². The Kier molecular flexibility index (Phi) is 4.83. The first-order chi connectivity index (χ1) is 12.1. The highest BCUT2D eigenvalue weighted by Crippen LogP contribution is 2.25. The van der Waals surface area contributed by atoms with Crippen LogP contribution in [0.1, 0.15) is 10.4 Å². The molecule has 7 heteroatoms. The van der Waals surface area contributed by atoms with Gasteiger partial charge in [-0.25, -0.2) is 18.4 Å². The predicted octanol–water partition coefficient (Wildman–Crippen LogP) is 3.70. The Balaban J connectivity index is 2.06. The summed E-state index contributed by atoms with van der Waals surface area (Å²) in [6.45, 7) is -0.568. The summed E-state index contributed by atoms with van der Waals surface area (Å²) in [4.78, 5) is 15.3. The van der Waals surface area contributed by atoms with Crippen molar-refractivity contribution in [2.24, 2.45) is 0 Å². The third-order valence-corrected chi connectivity index (χ3v) is 3.61. The lowest BCUT2D eigenvalue weighted by Crippen LogP contribution is -2.09. The van der Waals surface area contributed by atoms with E-state index in [9.17, 15) is 13.6 Å². The second-order valence-corrected chi connectivity index (χ2v) is 5.30. The molecule has 0 saturated carbocycles. The Morgan fingerprint density at radius 2 is 1.92 bits per heavy atom. The molecule has 0 aliphatic heterocycles. The molecule has 3 aromatic rings. The van der Waals surface area contributed by atoms with Crippen LogP contribution >= 0.6 is 0 Å². The van der Waals surface area contributed by atoms with E-state index in [2.05, 4.69) is 10.1 Å². The number of hydrogen-bond donors (Lipinski definition) is 0. The summed E-state index contributed by atoms with van der Waals surface area (Å²) in [5.41, 5.74) is 1.70. The monoisotopic (exact) mass is 343 g/mol. The molecule has 5 nitrogen and oxygen atoms in total. The molecule has 0 fully saturated rings. The number of hydrogen-bond acceptors (Lipinski definition) is 4. The largest absolute Gasteiger partial charge is 0.497 e. The van der Waals surface area contributed by atoms with Crippen molar-refractivity contribution in [2.75, 3.05) is 7.11 Å². The fraction of sp³-hybridized carbons (Fsp3) is 0.167. The molecule has 0 atom stereocenters. The number of halogens is 2. The Morgan fingerprint density at radius 1 is 1.16 bits per heavy atom. The average Bonchev–Trinajstić information content (AvgIpc) is 3.05. The molecule has 1 heterocycles. The standard InChI is InChI=1S/C18H15F2N3O2/c1-25-15-7-5-13(6-8-15)18-21-17(22-23(18)10-16(19)20)14-4-2-3-12(9-14)11-24/h2-9,11,16H,10H2,1H3. The van der Waals surface area contributed by atoms with Gasteiger partial charge in [0, 0.05) is 16.7 Å². The van der Waals surface area contributed by atoms with Gasteiger partial charge >= 0.3 is 0 Å². The molecule has 0 aliphatic rings. The van der Waals surface area contributed by atoms with Crippen LogP contribution in [0, 0.1) is 0 Å². The van der Waals surface area contributed by atoms with Crippen molar-refractivity contribution in [1.29, 1.82) is 0 Å². The number of rotatable bonds is 6. The smallest absolute Gasteiger partial charge is 0.258 e. The Hall–Kier alpha value is -3.09. The van der Waals surface area contributed by atoms with Crippen LogP contribution in [0.15, 0.2) is 48.5 Å². The van der Waals surface area contributed by atoms with E-state index in [1.54, 1.807) is 55.6 Å². The van der Waals surface area contributed by atoms with Gasteiger partial charge in [-0.2, -0.15) is 5.10 Å². The van der Waals surface area contributed by atoms with Gasteiger partial charge < -0.3 is 4.74 Å². The molecule has 2 aromatic carbocycles. The molecular weight excluding hydrogens is 328 g/mol. The number of aromatic nitrogens is 3. The van der Waals surface area contributed by atoms with E-state index in [1.807, 2.05) is 0 Å². The molecule has 0 spiro atoms. The molecule has 1 aromatic heterocycles. The van der Waals surface area contributed by atoms with Gasteiger partial charge in [0.15, 0.2) is 11.6 Å². The van der Waals surface area contributed by atoms with Crippen LogP contribution in [0.25, 0.3) is 22.8 Å². The fourth-order valence-corrected chi connectivity index (χ4v) is 2.43. The second kappa shape index (κ2) is 7.21. The lowest BCUT2D eigenvalue weighted by Gasteiger charge is -2.06. The normalized spacial score (nSPS) is 10.9. The van der Waals surface area contributed by atoms with Gasteiger partial charge in [0.05, 0.1) is 7.11 Å². The first-order valence-electron chi connectivity index (χ1n) is 7.53. The van der Waals surface area contributed by atoms with Crippen molar-refractivity contribution in [3.8, 4) is 28.5 Å². The van der Waals surface area contributed by atoms with E-state index in [-0.39, 0.29) is 5.82 Å². The van der Waals surface area contributed by atoms with Gasteiger partial charge in [0.2, 0.25) is 0 Å². The van der Waals surface area contributed by atoms with Gasteiger partial charge in [0.1, 0.15) is 18.6 Å². The maximum atomic E-state index is 12.9. The molecule has 25 heavy (non-hydrogen) atoms. The molecule has 128 valence electrons. The van der Waals surface area contributed by atoms with Crippen molar-refractivity contribution >= 4 is 6.29 Å². The Labute approximate surface area is 142 Å². The quantitative estimate of drug-likeness (QED) is 0.641. The van der Waals surface area contributed by atoms with Crippen molar-refractivity contribution < 1.29 is 18.3 Å². The first kappa shape index (κ1) is 16.8. The van der Waals surface area contributed by atoms with E-state index in [0.717, 1.165) is 0 Å². The number of carbonyl (C=O) groups excluding carboxylic acids is 1. The number of benzene rings is 2. The second-order valence-electron chi connectivity index (χ2n) is 5.30. The van der Waals surface area contributed by atoms with Gasteiger partial charge in [0.25, 0.3) is 6.43 Å². The van der Waals surface area contributed by atoms with Gasteiger partial charge in [-0.05, 0) is 30.3 Å². The first-order valence-corrected chi connectivity index (χ1v) is 7.53. The lowest BCUT2D eigenvalue weighted by molar-refractivity contribution is 0.112. The number of aldehydes is 1. The molecule has 0 aliphatic carbocycles. The molecular formula is C18H15F2N3O2. The maximum Gasteiger partial charge on any atom is 0.258 e. The zero-order valence-electron chi connectivity index (χ0n) is 13.4. The summed E-state index contributed by atoms with van der Waals surface area (Å²) in [5, 5.41) is 4.19. The Bertz CT molecular complexity index is 876. The SMILES string of the molecule is COc1ccc(-c2nc(-c3cccc(C=O)c3)nn2CC(F)F)cc1. The molecule has 3 rings (SSSR count). The van der Waals surface area contributed by atoms with Crippen LogP contribution in [-0.4, -0.2) is 34.6 Å². The highest BCUT2D eigenvalue weighted by atomic mass is 19.3. The zero-order valence-corrected chi connectivity index (χ0v) is 13.4. The lowest BCUT2D eigenvalue weighted by atomic mass is 10.1. The number of carbonyl (C=O) groups is 1. The van der Waals surface area contributed by atoms with E-state index in [4.69, 9.17) is 4.74 Å². The highest BCUT2D eigenvalue weighted by molar-refractivity contribution is 5.77. The van der Waals surface area contributed by atoms with Crippen LogP contribution in [0.5, 0.6) is 5.75 Å². The molecule has 0 radical (unpaired) electrons. The minimum atomic E-state index is -2.56. The average molecular weight is 343 g/mol. The molecule has 0 amide bonds. The summed E-state index contributed by atoms with van der Waals surface area (Å²) in [5.74, 6) is 1.27. The summed E-state index contributed by atoms with van der Waals surface area (Å²) >= 11 is 0. The van der Waals surface area contributed by atoms with Gasteiger partial charge in [-0.15, -0.1) is 0 Å². The summed E-state index contributed by atoms with van der Waals surface area (Å²) in [6, 6.07) is 13.6. The van der Waals surface area contributed by atoms with Crippen molar-refractivity contribution in [1.82, 2.24) is 14.8 Å². The fourth-order valence-electron chi connectivity index (χ4n) is 2.43.